The monoisotopic (exact) mass is 327 g/mol. The molecule has 1 heterocycles. The summed E-state index contributed by atoms with van der Waals surface area (Å²) in [6.45, 7) is 0. The summed E-state index contributed by atoms with van der Waals surface area (Å²) < 4.78 is 1.17. The van der Waals surface area contributed by atoms with Crippen molar-refractivity contribution < 1.29 is 5.11 Å². The molecule has 2 nitrogen and oxygen atoms in total. The molecule has 5 rings (SSSR count). The molecule has 0 unspecified atom stereocenters. The number of aromatic nitrogens is 1. The van der Waals surface area contributed by atoms with E-state index in [-0.39, 0.29) is 5.75 Å². The van der Waals surface area contributed by atoms with E-state index in [0.29, 0.717) is 0 Å². The lowest BCUT2D eigenvalue weighted by atomic mass is 10.0. The maximum atomic E-state index is 10.2. The highest BCUT2D eigenvalue weighted by atomic mass is 32.1. The molecule has 0 amide bonds. The highest BCUT2D eigenvalue weighted by molar-refractivity contribution is 7.22. The fourth-order valence-electron chi connectivity index (χ4n) is 3.30. The van der Waals surface area contributed by atoms with E-state index in [1.807, 2.05) is 18.2 Å². The Morgan fingerprint density at radius 3 is 2.00 bits per heavy atom. The van der Waals surface area contributed by atoms with Crippen molar-refractivity contribution in [2.45, 2.75) is 0 Å². The normalized spacial score (nSPS) is 11.5. The molecule has 24 heavy (non-hydrogen) atoms. The van der Waals surface area contributed by atoms with Crippen molar-refractivity contribution in [3.8, 4) is 16.3 Å². The number of aromatic hydroxyl groups is 1. The molecule has 3 heteroatoms. The molecule has 0 saturated carbocycles. The zero-order valence-electron chi connectivity index (χ0n) is 12.7. The van der Waals surface area contributed by atoms with Crippen LogP contribution in [0.1, 0.15) is 0 Å². The molecule has 0 aliphatic carbocycles. The predicted octanol–water partition coefficient (Wildman–Crippen LogP) is 5.98. The number of fused-ring (bicyclic) bond motifs is 6. The van der Waals surface area contributed by atoms with Crippen molar-refractivity contribution in [1.29, 1.82) is 0 Å². The first-order chi connectivity index (χ1) is 11.8. The van der Waals surface area contributed by atoms with Gasteiger partial charge in [-0.25, -0.2) is 4.98 Å². The van der Waals surface area contributed by atoms with E-state index in [9.17, 15) is 5.11 Å². The molecule has 114 valence electrons. The summed E-state index contributed by atoms with van der Waals surface area (Å²) >= 11 is 1.64. The summed E-state index contributed by atoms with van der Waals surface area (Å²) in [4.78, 5) is 4.88. The zero-order chi connectivity index (χ0) is 16.1. The molecule has 0 bridgehead atoms. The Morgan fingerprint density at radius 2 is 1.25 bits per heavy atom. The summed E-state index contributed by atoms with van der Waals surface area (Å²) in [5, 5.41) is 15.9. The van der Waals surface area contributed by atoms with Crippen LogP contribution in [0, 0.1) is 0 Å². The zero-order valence-corrected chi connectivity index (χ0v) is 13.5. The Hall–Kier alpha value is -2.91. The predicted molar refractivity (Wildman–Crippen MR) is 102 cm³/mol. The molecule has 0 radical (unpaired) electrons. The quantitative estimate of drug-likeness (QED) is 0.384. The van der Waals surface area contributed by atoms with Gasteiger partial charge in [-0.05, 0) is 22.9 Å². The van der Waals surface area contributed by atoms with Gasteiger partial charge in [0.05, 0.1) is 15.8 Å². The first-order valence-electron chi connectivity index (χ1n) is 7.81. The fourth-order valence-corrected chi connectivity index (χ4v) is 4.45. The van der Waals surface area contributed by atoms with E-state index < -0.39 is 0 Å². The minimum absolute atomic E-state index is 0.269. The van der Waals surface area contributed by atoms with Gasteiger partial charge in [0.15, 0.2) is 0 Å². The van der Waals surface area contributed by atoms with Crippen molar-refractivity contribution in [2.24, 2.45) is 0 Å². The second kappa shape index (κ2) is 5.05. The van der Waals surface area contributed by atoms with Crippen LogP contribution in [-0.4, -0.2) is 10.1 Å². The van der Waals surface area contributed by atoms with Gasteiger partial charge < -0.3 is 5.11 Å². The molecule has 0 saturated heterocycles. The molecular formula is C21H13NOS. The Balaban J connectivity index is 1.98. The van der Waals surface area contributed by atoms with Crippen molar-refractivity contribution in [3.63, 3.8) is 0 Å². The maximum Gasteiger partial charge on any atom is 0.128 e. The maximum absolute atomic E-state index is 10.2. The largest absolute Gasteiger partial charge is 0.507 e. The van der Waals surface area contributed by atoms with E-state index in [2.05, 4.69) is 48.5 Å². The van der Waals surface area contributed by atoms with Crippen molar-refractivity contribution in [2.75, 3.05) is 0 Å². The summed E-state index contributed by atoms with van der Waals surface area (Å²) in [5.41, 5.74) is 1.79. The number of phenolic OH excluding ortho intramolecular Hbond substituents is 1. The van der Waals surface area contributed by atoms with Crippen LogP contribution in [0.3, 0.4) is 0 Å². The third-order valence-electron chi connectivity index (χ3n) is 4.41. The third-order valence-corrected chi connectivity index (χ3v) is 5.53. The molecular weight excluding hydrogens is 314 g/mol. The standard InChI is InChI=1S/C21H13NOS/c23-18-12-6-5-11-17(18)21-22-19-15-9-3-1-7-13(15)14-8-2-4-10-16(14)20(19)24-21/h1-12,23H. The molecule has 1 aromatic heterocycles. The van der Waals surface area contributed by atoms with Gasteiger partial charge in [0, 0.05) is 10.8 Å². The van der Waals surface area contributed by atoms with Crippen LogP contribution in [0.5, 0.6) is 5.75 Å². The van der Waals surface area contributed by atoms with Crippen LogP contribution in [-0.2, 0) is 0 Å². The summed E-state index contributed by atoms with van der Waals surface area (Å²) in [6.07, 6.45) is 0. The third kappa shape index (κ3) is 1.85. The van der Waals surface area contributed by atoms with Gasteiger partial charge in [0.1, 0.15) is 10.8 Å². The Bertz CT molecular complexity index is 1150. The number of para-hydroxylation sites is 1. The van der Waals surface area contributed by atoms with E-state index >= 15 is 0 Å². The van der Waals surface area contributed by atoms with E-state index in [1.165, 1.54) is 20.9 Å². The SMILES string of the molecule is Oc1ccccc1-c1nc2c3ccccc3c3ccccc3c2s1. The minimum Gasteiger partial charge on any atom is -0.507 e. The van der Waals surface area contributed by atoms with Crippen LogP contribution < -0.4 is 0 Å². The van der Waals surface area contributed by atoms with Crippen LogP contribution >= 0.6 is 11.3 Å². The fraction of sp³-hybridized carbons (Fsp3) is 0. The molecule has 4 aromatic carbocycles. The summed E-state index contributed by atoms with van der Waals surface area (Å²) in [6, 6.07) is 24.2. The smallest absolute Gasteiger partial charge is 0.128 e. The lowest BCUT2D eigenvalue weighted by Gasteiger charge is -2.05. The Kier molecular flexibility index (Phi) is 2.84. The minimum atomic E-state index is 0.269. The number of hydrogen-bond acceptors (Lipinski definition) is 3. The van der Waals surface area contributed by atoms with Gasteiger partial charge >= 0.3 is 0 Å². The summed E-state index contributed by atoms with van der Waals surface area (Å²) in [5.74, 6) is 0.269. The molecule has 0 aliphatic rings. The lowest BCUT2D eigenvalue weighted by Crippen LogP contribution is -1.81. The highest BCUT2D eigenvalue weighted by Crippen LogP contribution is 2.41. The molecule has 1 N–H and O–H groups in total. The topological polar surface area (TPSA) is 33.1 Å². The van der Waals surface area contributed by atoms with Crippen LogP contribution in [0.15, 0.2) is 72.8 Å². The number of nitrogens with zero attached hydrogens (tertiary/aromatic N) is 1. The number of benzene rings is 4. The average Bonchev–Trinajstić information content (AvgIpc) is 3.08. The molecule has 5 aromatic rings. The number of hydrogen-bond donors (Lipinski definition) is 1. The van der Waals surface area contributed by atoms with Crippen LogP contribution in [0.25, 0.3) is 42.3 Å². The highest BCUT2D eigenvalue weighted by Gasteiger charge is 2.15. The van der Waals surface area contributed by atoms with E-state index in [0.717, 1.165) is 21.5 Å². The van der Waals surface area contributed by atoms with Gasteiger partial charge in [-0.15, -0.1) is 11.3 Å². The molecule has 0 aliphatic heterocycles. The average molecular weight is 327 g/mol. The first kappa shape index (κ1) is 13.5. The molecule has 0 fully saturated rings. The second-order valence-corrected chi connectivity index (χ2v) is 6.80. The number of thiazole rings is 1. The first-order valence-corrected chi connectivity index (χ1v) is 8.63. The second-order valence-electron chi connectivity index (χ2n) is 5.81. The number of rotatable bonds is 1. The van der Waals surface area contributed by atoms with Crippen LogP contribution in [0.2, 0.25) is 0 Å². The van der Waals surface area contributed by atoms with Crippen LogP contribution in [0.4, 0.5) is 0 Å². The van der Waals surface area contributed by atoms with E-state index in [1.54, 1.807) is 17.4 Å². The van der Waals surface area contributed by atoms with Gasteiger partial charge in [0.25, 0.3) is 0 Å². The van der Waals surface area contributed by atoms with Crippen molar-refractivity contribution in [1.82, 2.24) is 4.98 Å². The Labute approximate surface area is 142 Å². The van der Waals surface area contributed by atoms with Crippen molar-refractivity contribution >= 4 is 43.1 Å². The van der Waals surface area contributed by atoms with Gasteiger partial charge in [0.2, 0.25) is 0 Å². The molecule has 0 spiro atoms. The van der Waals surface area contributed by atoms with Gasteiger partial charge in [-0.1, -0.05) is 60.7 Å². The Morgan fingerprint density at radius 1 is 0.667 bits per heavy atom. The van der Waals surface area contributed by atoms with E-state index in [4.69, 9.17) is 4.98 Å². The lowest BCUT2D eigenvalue weighted by molar-refractivity contribution is 0.477. The van der Waals surface area contributed by atoms with Gasteiger partial charge in [-0.2, -0.15) is 0 Å². The molecule has 0 atom stereocenters. The van der Waals surface area contributed by atoms with Gasteiger partial charge in [-0.3, -0.25) is 0 Å². The summed E-state index contributed by atoms with van der Waals surface area (Å²) in [7, 11) is 0. The van der Waals surface area contributed by atoms with Crippen molar-refractivity contribution in [3.05, 3.63) is 72.8 Å². The number of phenols is 1.